The van der Waals surface area contributed by atoms with Crippen LogP contribution in [0.3, 0.4) is 0 Å². The lowest BCUT2D eigenvalue weighted by Crippen LogP contribution is -2.44. The minimum Gasteiger partial charge on any atom is -0.350 e. The van der Waals surface area contributed by atoms with E-state index in [1.165, 1.54) is 32.7 Å². The van der Waals surface area contributed by atoms with Crippen LogP contribution >= 0.6 is 0 Å². The summed E-state index contributed by atoms with van der Waals surface area (Å²) in [4.78, 5) is 20.1. The molecule has 0 fully saturated rings. The van der Waals surface area contributed by atoms with Gasteiger partial charge in [-0.25, -0.2) is 19.9 Å². The summed E-state index contributed by atoms with van der Waals surface area (Å²) in [6.07, 6.45) is -0.316. The van der Waals surface area contributed by atoms with Gasteiger partial charge in [0, 0.05) is 22.3 Å². The molecule has 11 rings (SSSR count). The van der Waals surface area contributed by atoms with Crippen molar-refractivity contribution in [1.29, 1.82) is 0 Å². The second-order valence-electron chi connectivity index (χ2n) is 15.5. The Bertz CT molecular complexity index is 3150. The first-order valence-corrected chi connectivity index (χ1v) is 21.0. The van der Waals surface area contributed by atoms with E-state index in [4.69, 9.17) is 19.9 Å². The summed E-state index contributed by atoms with van der Waals surface area (Å²) in [5.74, 6) is 2.76. The predicted molar refractivity (Wildman–Crippen MR) is 253 cm³/mol. The van der Waals surface area contributed by atoms with Crippen LogP contribution in [0.25, 0.3) is 78.0 Å². The summed E-state index contributed by atoms with van der Waals surface area (Å²) >= 11 is 0. The van der Waals surface area contributed by atoms with Crippen LogP contribution in [0.1, 0.15) is 29.0 Å². The molecule has 0 saturated heterocycles. The Labute approximate surface area is 360 Å². The van der Waals surface area contributed by atoms with Crippen LogP contribution in [0.2, 0.25) is 0 Å². The van der Waals surface area contributed by atoms with E-state index in [1.807, 2.05) is 72.8 Å². The number of rotatable bonds is 8. The Kier molecular flexibility index (Phi) is 9.65. The largest absolute Gasteiger partial charge is 0.350 e. The molecule has 1 aliphatic rings. The second kappa shape index (κ2) is 16.2. The van der Waals surface area contributed by atoms with Gasteiger partial charge in [0.15, 0.2) is 17.5 Å². The van der Waals surface area contributed by atoms with E-state index in [-0.39, 0.29) is 12.3 Å². The van der Waals surface area contributed by atoms with Gasteiger partial charge >= 0.3 is 0 Å². The van der Waals surface area contributed by atoms with Gasteiger partial charge in [0.05, 0.1) is 0 Å². The molecule has 10 aromatic rings. The molecule has 0 spiro atoms. The van der Waals surface area contributed by atoms with E-state index in [0.29, 0.717) is 17.5 Å². The van der Waals surface area contributed by atoms with Gasteiger partial charge in [0.2, 0.25) is 0 Å². The zero-order valence-corrected chi connectivity index (χ0v) is 33.7. The fraction of sp³-hybridized carbons (Fsp3) is 0.0357. The Morgan fingerprint density at radius 2 is 0.661 bits per heavy atom. The number of fused-ring (bicyclic) bond motifs is 3. The molecule has 0 saturated carbocycles. The molecular weight excluding hydrogens is 757 g/mol. The van der Waals surface area contributed by atoms with Crippen LogP contribution in [-0.2, 0) is 0 Å². The fourth-order valence-corrected chi connectivity index (χ4v) is 8.59. The molecule has 294 valence electrons. The number of aromatic nitrogens is 3. The molecule has 0 aliphatic carbocycles. The quantitative estimate of drug-likeness (QED) is 0.150. The summed E-state index contributed by atoms with van der Waals surface area (Å²) in [6, 6.07) is 76.2. The predicted octanol–water partition coefficient (Wildman–Crippen LogP) is 12.8. The SMILES string of the molecule is c1ccc(-c2nc(-c3ccccc3)nc(-c3ccc(-c4c(-c5ccc(C6=NC(c7ccccc7)NC(c7ccccc7)N6)cc5)c5ccccc5c5ccccc45)cc3)n2)cc1. The van der Waals surface area contributed by atoms with E-state index >= 15 is 0 Å². The zero-order valence-electron chi connectivity index (χ0n) is 33.7. The van der Waals surface area contributed by atoms with Gasteiger partial charge in [0.1, 0.15) is 18.2 Å². The average Bonchev–Trinajstić information content (AvgIpc) is 3.37. The lowest BCUT2D eigenvalue weighted by Gasteiger charge is -2.32. The minimum absolute atomic E-state index is 0.111. The van der Waals surface area contributed by atoms with Crippen LogP contribution in [0.4, 0.5) is 0 Å². The van der Waals surface area contributed by atoms with Crippen LogP contribution in [-0.4, -0.2) is 20.8 Å². The lowest BCUT2D eigenvalue weighted by atomic mass is 9.84. The first kappa shape index (κ1) is 37.0. The molecule has 2 atom stereocenters. The molecule has 1 aliphatic heterocycles. The van der Waals surface area contributed by atoms with E-state index in [9.17, 15) is 0 Å². The summed E-state index contributed by atoms with van der Waals surface area (Å²) < 4.78 is 0. The molecule has 9 aromatic carbocycles. The van der Waals surface area contributed by atoms with Gasteiger partial charge in [-0.1, -0.05) is 218 Å². The van der Waals surface area contributed by atoms with E-state index < -0.39 is 0 Å². The molecular formula is C56H40N6. The Morgan fingerprint density at radius 1 is 0.306 bits per heavy atom. The maximum Gasteiger partial charge on any atom is 0.164 e. The van der Waals surface area contributed by atoms with Crippen molar-refractivity contribution >= 4 is 27.4 Å². The molecule has 2 N–H and O–H groups in total. The van der Waals surface area contributed by atoms with Crippen molar-refractivity contribution in [3.63, 3.8) is 0 Å². The Balaban J connectivity index is 1.02. The fourth-order valence-electron chi connectivity index (χ4n) is 8.59. The van der Waals surface area contributed by atoms with Gasteiger partial charge in [-0.2, -0.15) is 0 Å². The summed E-state index contributed by atoms with van der Waals surface area (Å²) in [7, 11) is 0. The standard InChI is InChI=1S/C56H40N6/c1-5-17-39(18-6-1)51-57-52(40-19-7-2-8-20-40)60-55(59-51)43-33-29-37(30-34-43)49-47-27-15-13-25-45(47)46-26-14-16-28-48(46)50(49)38-31-35-44(36-32-38)56-61-53(41-21-9-3-10-22-41)58-54(62-56)42-23-11-4-12-24-42/h1-36,51-52,57H,(H,59,60). The smallest absolute Gasteiger partial charge is 0.164 e. The number of aliphatic imine (C=N–C) groups is 1. The molecule has 1 aromatic heterocycles. The van der Waals surface area contributed by atoms with Gasteiger partial charge in [-0.05, 0) is 54.9 Å². The van der Waals surface area contributed by atoms with Crippen molar-refractivity contribution in [3.8, 4) is 56.4 Å². The van der Waals surface area contributed by atoms with Crippen LogP contribution in [0, 0.1) is 0 Å². The zero-order chi connectivity index (χ0) is 41.2. The monoisotopic (exact) mass is 796 g/mol. The third-order valence-corrected chi connectivity index (χ3v) is 11.6. The van der Waals surface area contributed by atoms with Crippen molar-refractivity contribution in [2.24, 2.45) is 4.99 Å². The molecule has 2 unspecified atom stereocenters. The van der Waals surface area contributed by atoms with Crippen molar-refractivity contribution in [1.82, 2.24) is 25.6 Å². The number of benzene rings is 9. The highest BCUT2D eigenvalue weighted by Gasteiger charge is 2.26. The molecule has 0 bridgehead atoms. The van der Waals surface area contributed by atoms with Crippen LogP contribution in [0.5, 0.6) is 0 Å². The van der Waals surface area contributed by atoms with E-state index in [1.54, 1.807) is 0 Å². The minimum atomic E-state index is -0.205. The molecule has 0 radical (unpaired) electrons. The van der Waals surface area contributed by atoms with Crippen molar-refractivity contribution in [3.05, 3.63) is 235 Å². The number of nitrogens with one attached hydrogen (secondary N) is 2. The first-order chi connectivity index (χ1) is 30.7. The van der Waals surface area contributed by atoms with E-state index in [0.717, 1.165) is 50.3 Å². The summed E-state index contributed by atoms with van der Waals surface area (Å²) in [5, 5.41) is 12.2. The Hall–Kier alpha value is -8.06. The highest BCUT2D eigenvalue weighted by Crippen LogP contribution is 2.45. The van der Waals surface area contributed by atoms with Gasteiger partial charge in [-0.3, -0.25) is 5.32 Å². The molecule has 2 heterocycles. The average molecular weight is 797 g/mol. The number of amidine groups is 1. The maximum atomic E-state index is 5.22. The van der Waals surface area contributed by atoms with Gasteiger partial charge < -0.3 is 5.32 Å². The number of hydrogen-bond acceptors (Lipinski definition) is 6. The summed E-state index contributed by atoms with van der Waals surface area (Å²) in [6.45, 7) is 0. The van der Waals surface area contributed by atoms with Crippen molar-refractivity contribution < 1.29 is 0 Å². The third kappa shape index (κ3) is 7.08. The van der Waals surface area contributed by atoms with Gasteiger partial charge in [-0.15, -0.1) is 0 Å². The van der Waals surface area contributed by atoms with Crippen LogP contribution in [0.15, 0.2) is 223 Å². The molecule has 0 amide bonds. The molecule has 6 nitrogen and oxygen atoms in total. The highest BCUT2D eigenvalue weighted by atomic mass is 15.3. The maximum absolute atomic E-state index is 5.22. The molecule has 62 heavy (non-hydrogen) atoms. The first-order valence-electron chi connectivity index (χ1n) is 21.0. The topological polar surface area (TPSA) is 75.1 Å². The normalized spacial score (nSPS) is 14.9. The summed E-state index contributed by atoms with van der Waals surface area (Å²) in [5.41, 5.74) is 10.7. The Morgan fingerprint density at radius 3 is 1.13 bits per heavy atom. The molecule has 6 heteroatoms. The van der Waals surface area contributed by atoms with Crippen molar-refractivity contribution in [2.75, 3.05) is 0 Å². The second-order valence-corrected chi connectivity index (χ2v) is 15.5. The van der Waals surface area contributed by atoms with Crippen LogP contribution < -0.4 is 10.6 Å². The lowest BCUT2D eigenvalue weighted by molar-refractivity contribution is 0.409. The third-order valence-electron chi connectivity index (χ3n) is 11.6. The van der Waals surface area contributed by atoms with Crippen molar-refractivity contribution in [2.45, 2.75) is 12.3 Å². The van der Waals surface area contributed by atoms with E-state index in [2.05, 4.69) is 156 Å². The van der Waals surface area contributed by atoms with Gasteiger partial charge in [0.25, 0.3) is 0 Å². The highest BCUT2D eigenvalue weighted by molar-refractivity contribution is 6.21. The number of nitrogens with zero attached hydrogens (tertiary/aromatic N) is 4. The number of hydrogen-bond donors (Lipinski definition) is 2.